The molecule has 0 heterocycles. The Labute approximate surface area is 151 Å². The minimum Gasteiger partial charge on any atom is -0.351 e. The number of carbonyl (C=O) groups excluding carboxylic acids is 1. The molecule has 5 nitrogen and oxygen atoms in total. The summed E-state index contributed by atoms with van der Waals surface area (Å²) < 4.78 is 38.0. The molecule has 0 fully saturated rings. The summed E-state index contributed by atoms with van der Waals surface area (Å²) in [5.74, 6) is -0.697. The van der Waals surface area contributed by atoms with Gasteiger partial charge in [0.05, 0.1) is 6.26 Å². The average molecular weight is 385 g/mol. The molecule has 0 saturated carbocycles. The van der Waals surface area contributed by atoms with Crippen LogP contribution in [0.5, 0.6) is 0 Å². The number of halogens is 2. The zero-order valence-corrected chi connectivity index (χ0v) is 15.1. The van der Waals surface area contributed by atoms with Crippen molar-refractivity contribution in [2.24, 2.45) is 0 Å². The third-order valence-corrected chi connectivity index (χ3v) is 5.00. The number of hydrogen-bond donors (Lipinski definition) is 1. The standard InChI is InChI=1S/C17H18ClFN2O3S/c1-25(23,24)21(12-13-2-8-16(19)9-3-13)11-10-20-17(22)14-4-6-15(18)7-5-14/h2-9H,10-12H2,1H3,(H,20,22). The van der Waals surface area contributed by atoms with E-state index in [4.69, 9.17) is 11.6 Å². The van der Waals surface area contributed by atoms with Crippen molar-refractivity contribution in [3.8, 4) is 0 Å². The lowest BCUT2D eigenvalue weighted by atomic mass is 10.2. The smallest absolute Gasteiger partial charge is 0.251 e. The summed E-state index contributed by atoms with van der Waals surface area (Å²) in [6, 6.07) is 12.0. The van der Waals surface area contributed by atoms with Crippen molar-refractivity contribution in [2.45, 2.75) is 6.54 Å². The van der Waals surface area contributed by atoms with E-state index in [1.807, 2.05) is 0 Å². The number of rotatable bonds is 7. The van der Waals surface area contributed by atoms with E-state index in [2.05, 4.69) is 5.32 Å². The van der Waals surface area contributed by atoms with Crippen molar-refractivity contribution < 1.29 is 17.6 Å². The van der Waals surface area contributed by atoms with Gasteiger partial charge in [-0.3, -0.25) is 4.79 Å². The Morgan fingerprint density at radius 1 is 1.12 bits per heavy atom. The molecule has 2 aromatic rings. The summed E-state index contributed by atoms with van der Waals surface area (Å²) in [5, 5.41) is 3.19. The van der Waals surface area contributed by atoms with Gasteiger partial charge in [-0.15, -0.1) is 0 Å². The summed E-state index contributed by atoms with van der Waals surface area (Å²) in [4.78, 5) is 12.0. The van der Waals surface area contributed by atoms with E-state index >= 15 is 0 Å². The number of benzene rings is 2. The van der Waals surface area contributed by atoms with Crippen LogP contribution in [0.4, 0.5) is 4.39 Å². The Morgan fingerprint density at radius 3 is 2.28 bits per heavy atom. The Morgan fingerprint density at radius 2 is 1.72 bits per heavy atom. The van der Waals surface area contributed by atoms with E-state index in [0.29, 0.717) is 16.1 Å². The lowest BCUT2D eigenvalue weighted by Crippen LogP contribution is -2.37. The highest BCUT2D eigenvalue weighted by Crippen LogP contribution is 2.10. The van der Waals surface area contributed by atoms with Gasteiger partial charge in [0.25, 0.3) is 5.91 Å². The van der Waals surface area contributed by atoms with Crippen LogP contribution < -0.4 is 5.32 Å². The highest BCUT2D eigenvalue weighted by atomic mass is 35.5. The van der Waals surface area contributed by atoms with Crippen LogP contribution in [-0.2, 0) is 16.6 Å². The molecule has 2 aromatic carbocycles. The highest BCUT2D eigenvalue weighted by Gasteiger charge is 2.17. The Balaban J connectivity index is 1.95. The topological polar surface area (TPSA) is 66.5 Å². The van der Waals surface area contributed by atoms with Crippen LogP contribution in [0.15, 0.2) is 48.5 Å². The molecule has 0 aliphatic rings. The second-order valence-corrected chi connectivity index (χ2v) is 7.90. The Kier molecular flexibility index (Phi) is 6.52. The number of nitrogens with one attached hydrogen (secondary N) is 1. The third kappa shape index (κ3) is 6.12. The maximum atomic E-state index is 12.9. The number of hydrogen-bond acceptors (Lipinski definition) is 3. The molecule has 1 N–H and O–H groups in total. The van der Waals surface area contributed by atoms with Gasteiger partial charge in [-0.05, 0) is 42.0 Å². The summed E-state index contributed by atoms with van der Waals surface area (Å²) in [6.45, 7) is 0.362. The van der Waals surface area contributed by atoms with E-state index in [9.17, 15) is 17.6 Å². The van der Waals surface area contributed by atoms with Crippen LogP contribution in [0.1, 0.15) is 15.9 Å². The molecule has 2 rings (SSSR count). The zero-order valence-electron chi connectivity index (χ0n) is 13.6. The summed E-state index contributed by atoms with van der Waals surface area (Å²) in [6.07, 6.45) is 1.09. The molecule has 0 spiro atoms. The lowest BCUT2D eigenvalue weighted by Gasteiger charge is -2.20. The second kappa shape index (κ2) is 8.42. The average Bonchev–Trinajstić information content (AvgIpc) is 2.55. The fraction of sp³-hybridized carbons (Fsp3) is 0.235. The lowest BCUT2D eigenvalue weighted by molar-refractivity contribution is 0.0951. The van der Waals surface area contributed by atoms with Crippen LogP contribution in [0.3, 0.4) is 0 Å². The van der Waals surface area contributed by atoms with Crippen molar-refractivity contribution >= 4 is 27.5 Å². The second-order valence-electron chi connectivity index (χ2n) is 5.49. The fourth-order valence-electron chi connectivity index (χ4n) is 2.15. The SMILES string of the molecule is CS(=O)(=O)N(CCNC(=O)c1ccc(Cl)cc1)Cc1ccc(F)cc1. The first kappa shape index (κ1) is 19.4. The molecule has 0 bridgehead atoms. The molecule has 0 atom stereocenters. The van der Waals surface area contributed by atoms with Gasteiger partial charge in [0.15, 0.2) is 0 Å². The van der Waals surface area contributed by atoms with Gasteiger partial charge in [0.2, 0.25) is 10.0 Å². The first-order valence-corrected chi connectivity index (χ1v) is 9.71. The van der Waals surface area contributed by atoms with Gasteiger partial charge in [0.1, 0.15) is 5.82 Å². The molecule has 25 heavy (non-hydrogen) atoms. The van der Waals surface area contributed by atoms with Crippen molar-refractivity contribution in [3.63, 3.8) is 0 Å². The molecule has 8 heteroatoms. The molecule has 1 amide bonds. The summed E-state index contributed by atoms with van der Waals surface area (Å²) in [7, 11) is -3.47. The van der Waals surface area contributed by atoms with E-state index in [1.54, 1.807) is 24.3 Å². The van der Waals surface area contributed by atoms with E-state index in [0.717, 1.165) is 6.26 Å². The normalized spacial score (nSPS) is 11.5. The molecular weight excluding hydrogens is 367 g/mol. The van der Waals surface area contributed by atoms with Crippen LogP contribution >= 0.6 is 11.6 Å². The largest absolute Gasteiger partial charge is 0.351 e. The van der Waals surface area contributed by atoms with E-state index < -0.39 is 10.0 Å². The molecule has 0 saturated heterocycles. The monoisotopic (exact) mass is 384 g/mol. The van der Waals surface area contributed by atoms with E-state index in [1.165, 1.54) is 28.6 Å². The maximum Gasteiger partial charge on any atom is 0.251 e. The zero-order chi connectivity index (χ0) is 18.4. The molecule has 0 aliphatic heterocycles. The van der Waals surface area contributed by atoms with Gasteiger partial charge in [0, 0.05) is 30.2 Å². The van der Waals surface area contributed by atoms with Crippen molar-refractivity contribution in [2.75, 3.05) is 19.3 Å². The van der Waals surface area contributed by atoms with Crippen LogP contribution in [0.2, 0.25) is 5.02 Å². The van der Waals surface area contributed by atoms with E-state index in [-0.39, 0.29) is 31.4 Å². The predicted molar refractivity (Wildman–Crippen MR) is 95.4 cm³/mol. The van der Waals surface area contributed by atoms with Gasteiger partial charge in [-0.1, -0.05) is 23.7 Å². The van der Waals surface area contributed by atoms with Crippen molar-refractivity contribution in [1.29, 1.82) is 0 Å². The quantitative estimate of drug-likeness (QED) is 0.798. The van der Waals surface area contributed by atoms with Crippen molar-refractivity contribution in [3.05, 3.63) is 70.5 Å². The maximum absolute atomic E-state index is 12.9. The minimum absolute atomic E-state index is 0.107. The van der Waals surface area contributed by atoms with Crippen LogP contribution in [0, 0.1) is 5.82 Å². The number of amides is 1. The number of carbonyl (C=O) groups is 1. The number of sulfonamides is 1. The molecule has 0 unspecified atom stereocenters. The van der Waals surface area contributed by atoms with Gasteiger partial charge in [-0.25, -0.2) is 12.8 Å². The Bertz CT molecular complexity index is 824. The molecule has 0 aliphatic carbocycles. The van der Waals surface area contributed by atoms with Crippen LogP contribution in [0.25, 0.3) is 0 Å². The summed E-state index contributed by atoms with van der Waals surface area (Å²) in [5.41, 5.74) is 1.10. The fourth-order valence-corrected chi connectivity index (χ4v) is 3.09. The molecular formula is C17H18ClFN2O3S. The minimum atomic E-state index is -3.47. The third-order valence-electron chi connectivity index (χ3n) is 3.49. The van der Waals surface area contributed by atoms with Gasteiger partial charge in [-0.2, -0.15) is 4.31 Å². The van der Waals surface area contributed by atoms with Gasteiger partial charge < -0.3 is 5.32 Å². The first-order chi connectivity index (χ1) is 11.8. The van der Waals surface area contributed by atoms with Gasteiger partial charge >= 0.3 is 0 Å². The van der Waals surface area contributed by atoms with Crippen LogP contribution in [-0.4, -0.2) is 38.0 Å². The number of nitrogens with zero attached hydrogens (tertiary/aromatic N) is 1. The highest BCUT2D eigenvalue weighted by molar-refractivity contribution is 7.88. The summed E-state index contributed by atoms with van der Waals surface area (Å²) >= 11 is 5.77. The molecule has 0 aromatic heterocycles. The Hall–Kier alpha value is -1.96. The first-order valence-electron chi connectivity index (χ1n) is 7.49. The predicted octanol–water partition coefficient (Wildman–Crippen LogP) is 2.67. The molecule has 0 radical (unpaired) electrons. The van der Waals surface area contributed by atoms with Crippen molar-refractivity contribution in [1.82, 2.24) is 9.62 Å². The molecule has 134 valence electrons.